The molecule has 0 aliphatic rings. The molecular weight excluding hydrogens is 334 g/mol. The molecule has 1 aromatic rings. The van der Waals surface area contributed by atoms with E-state index in [0.29, 0.717) is 12.1 Å². The van der Waals surface area contributed by atoms with Crippen molar-refractivity contribution in [1.29, 1.82) is 0 Å². The Labute approximate surface area is 154 Å². The smallest absolute Gasteiger partial charge is 0.407 e. The minimum absolute atomic E-state index is 0.0853. The summed E-state index contributed by atoms with van der Waals surface area (Å²) in [6.45, 7) is 11.2. The SMILES string of the molecule is CC(C)(C)NC(=O)CNC(=O)c1ccc(CNC(=O)OC(C)(C)C)cc1. The Hall–Kier alpha value is -2.57. The molecule has 3 N–H and O–H groups in total. The number of carbonyl (C=O) groups excluding carboxylic acids is 3. The number of hydrogen-bond acceptors (Lipinski definition) is 4. The second kappa shape index (κ2) is 8.69. The molecule has 3 amide bonds. The number of amides is 3. The summed E-state index contributed by atoms with van der Waals surface area (Å²) < 4.78 is 5.16. The van der Waals surface area contributed by atoms with E-state index in [2.05, 4.69) is 16.0 Å². The summed E-state index contributed by atoms with van der Waals surface area (Å²) in [5, 5.41) is 8.00. The third kappa shape index (κ3) is 9.05. The zero-order valence-electron chi connectivity index (χ0n) is 16.4. The van der Waals surface area contributed by atoms with Gasteiger partial charge >= 0.3 is 6.09 Å². The first kappa shape index (κ1) is 21.5. The number of alkyl carbamates (subject to hydrolysis) is 1. The summed E-state index contributed by atoms with van der Waals surface area (Å²) in [6, 6.07) is 6.76. The lowest BCUT2D eigenvalue weighted by molar-refractivity contribution is -0.121. The number of rotatable bonds is 5. The molecule has 0 aliphatic carbocycles. The maximum atomic E-state index is 12.1. The van der Waals surface area contributed by atoms with E-state index in [1.807, 2.05) is 20.8 Å². The zero-order chi connectivity index (χ0) is 20.0. The van der Waals surface area contributed by atoms with Crippen LogP contribution >= 0.6 is 0 Å². The van der Waals surface area contributed by atoms with Crippen LogP contribution in [0, 0.1) is 0 Å². The highest BCUT2D eigenvalue weighted by molar-refractivity contribution is 5.96. The van der Waals surface area contributed by atoms with Crippen LogP contribution in [0.15, 0.2) is 24.3 Å². The average molecular weight is 363 g/mol. The lowest BCUT2D eigenvalue weighted by atomic mass is 10.1. The molecule has 0 unspecified atom stereocenters. The fraction of sp³-hybridized carbons (Fsp3) is 0.526. The number of carbonyl (C=O) groups is 3. The molecule has 0 bridgehead atoms. The van der Waals surface area contributed by atoms with Crippen LogP contribution in [0.5, 0.6) is 0 Å². The zero-order valence-corrected chi connectivity index (χ0v) is 16.4. The first-order valence-electron chi connectivity index (χ1n) is 8.51. The molecule has 0 atom stereocenters. The Balaban J connectivity index is 2.47. The molecule has 0 aromatic heterocycles. The summed E-state index contributed by atoms with van der Waals surface area (Å²) in [6.07, 6.45) is -0.496. The molecule has 0 spiro atoms. The Morgan fingerprint density at radius 2 is 1.50 bits per heavy atom. The Morgan fingerprint density at radius 3 is 2.00 bits per heavy atom. The predicted octanol–water partition coefficient (Wildman–Crippen LogP) is 2.36. The summed E-state index contributed by atoms with van der Waals surface area (Å²) in [5.74, 6) is -0.579. The molecule has 26 heavy (non-hydrogen) atoms. The molecule has 0 saturated heterocycles. The highest BCUT2D eigenvalue weighted by Crippen LogP contribution is 2.08. The Kier molecular flexibility index (Phi) is 7.18. The van der Waals surface area contributed by atoms with E-state index in [4.69, 9.17) is 4.74 Å². The predicted molar refractivity (Wildman–Crippen MR) is 99.7 cm³/mol. The van der Waals surface area contributed by atoms with Gasteiger partial charge in [-0.05, 0) is 59.2 Å². The van der Waals surface area contributed by atoms with Crippen molar-refractivity contribution in [3.8, 4) is 0 Å². The normalized spacial score (nSPS) is 11.5. The molecule has 0 aliphatic heterocycles. The first-order chi connectivity index (χ1) is 11.9. The minimum Gasteiger partial charge on any atom is -0.444 e. The molecule has 7 heteroatoms. The second-order valence-corrected chi connectivity index (χ2v) is 8.03. The largest absolute Gasteiger partial charge is 0.444 e. The minimum atomic E-state index is -0.550. The van der Waals surface area contributed by atoms with Gasteiger partial charge in [-0.1, -0.05) is 12.1 Å². The van der Waals surface area contributed by atoms with Gasteiger partial charge in [0, 0.05) is 17.6 Å². The van der Waals surface area contributed by atoms with Crippen LogP contribution in [0.2, 0.25) is 0 Å². The summed E-state index contributed by atoms with van der Waals surface area (Å²) in [4.78, 5) is 35.4. The molecule has 1 rings (SSSR count). The number of benzene rings is 1. The molecular formula is C19H29N3O4. The van der Waals surface area contributed by atoms with Gasteiger partial charge in [-0.15, -0.1) is 0 Å². The van der Waals surface area contributed by atoms with E-state index < -0.39 is 11.7 Å². The first-order valence-corrected chi connectivity index (χ1v) is 8.51. The lowest BCUT2D eigenvalue weighted by Crippen LogP contribution is -2.45. The van der Waals surface area contributed by atoms with Crippen molar-refractivity contribution in [2.75, 3.05) is 6.54 Å². The highest BCUT2D eigenvalue weighted by atomic mass is 16.6. The average Bonchev–Trinajstić information content (AvgIpc) is 2.48. The molecule has 0 radical (unpaired) electrons. The number of hydrogen-bond donors (Lipinski definition) is 3. The van der Waals surface area contributed by atoms with E-state index in [1.54, 1.807) is 45.0 Å². The molecule has 0 saturated carbocycles. The molecule has 144 valence electrons. The summed E-state index contributed by atoms with van der Waals surface area (Å²) >= 11 is 0. The van der Waals surface area contributed by atoms with Crippen molar-refractivity contribution < 1.29 is 19.1 Å². The van der Waals surface area contributed by atoms with Gasteiger partial charge in [0.1, 0.15) is 5.60 Å². The highest BCUT2D eigenvalue weighted by Gasteiger charge is 2.16. The van der Waals surface area contributed by atoms with Crippen LogP contribution in [0.25, 0.3) is 0 Å². The maximum Gasteiger partial charge on any atom is 0.407 e. The van der Waals surface area contributed by atoms with Crippen LogP contribution in [-0.4, -0.2) is 35.6 Å². The van der Waals surface area contributed by atoms with Crippen molar-refractivity contribution in [2.24, 2.45) is 0 Å². The third-order valence-corrected chi connectivity index (χ3v) is 2.98. The standard InChI is InChI=1S/C19H29N3O4/c1-18(2,3)22-15(23)12-20-16(24)14-9-7-13(8-10-14)11-21-17(25)26-19(4,5)6/h7-10H,11-12H2,1-6H3,(H,20,24)(H,21,25)(H,22,23). The van der Waals surface area contributed by atoms with Gasteiger partial charge in [-0.25, -0.2) is 4.79 Å². The fourth-order valence-electron chi connectivity index (χ4n) is 1.99. The van der Waals surface area contributed by atoms with Crippen LogP contribution in [0.4, 0.5) is 4.79 Å². The van der Waals surface area contributed by atoms with E-state index in [9.17, 15) is 14.4 Å². The van der Waals surface area contributed by atoms with Crippen molar-refractivity contribution in [1.82, 2.24) is 16.0 Å². The van der Waals surface area contributed by atoms with Crippen molar-refractivity contribution >= 4 is 17.9 Å². The molecule has 1 aromatic carbocycles. The molecule has 0 heterocycles. The fourth-order valence-corrected chi connectivity index (χ4v) is 1.99. The van der Waals surface area contributed by atoms with Gasteiger partial charge < -0.3 is 20.7 Å². The summed E-state index contributed by atoms with van der Waals surface area (Å²) in [5.41, 5.74) is 0.378. The number of ether oxygens (including phenoxy) is 1. The van der Waals surface area contributed by atoms with E-state index in [-0.39, 0.29) is 23.9 Å². The van der Waals surface area contributed by atoms with Crippen LogP contribution < -0.4 is 16.0 Å². The second-order valence-electron chi connectivity index (χ2n) is 8.03. The number of nitrogens with one attached hydrogen (secondary N) is 3. The molecule has 0 fully saturated rings. The molecule has 7 nitrogen and oxygen atoms in total. The quantitative estimate of drug-likeness (QED) is 0.748. The third-order valence-electron chi connectivity index (χ3n) is 2.98. The van der Waals surface area contributed by atoms with E-state index in [0.717, 1.165) is 5.56 Å². The van der Waals surface area contributed by atoms with Gasteiger partial charge in [-0.2, -0.15) is 0 Å². The van der Waals surface area contributed by atoms with E-state index in [1.165, 1.54) is 0 Å². The lowest BCUT2D eigenvalue weighted by Gasteiger charge is -2.20. The van der Waals surface area contributed by atoms with Crippen molar-refractivity contribution in [2.45, 2.75) is 59.2 Å². The van der Waals surface area contributed by atoms with Crippen molar-refractivity contribution in [3.63, 3.8) is 0 Å². The monoisotopic (exact) mass is 363 g/mol. The van der Waals surface area contributed by atoms with Crippen molar-refractivity contribution in [3.05, 3.63) is 35.4 Å². The van der Waals surface area contributed by atoms with Gasteiger partial charge in [0.15, 0.2) is 0 Å². The van der Waals surface area contributed by atoms with Gasteiger partial charge in [-0.3, -0.25) is 9.59 Å². The Bertz CT molecular complexity index is 640. The topological polar surface area (TPSA) is 96.5 Å². The van der Waals surface area contributed by atoms with E-state index >= 15 is 0 Å². The summed E-state index contributed by atoms with van der Waals surface area (Å²) in [7, 11) is 0. The van der Waals surface area contributed by atoms with Crippen LogP contribution in [-0.2, 0) is 16.1 Å². The maximum absolute atomic E-state index is 12.1. The van der Waals surface area contributed by atoms with Crippen LogP contribution in [0.1, 0.15) is 57.5 Å². The van der Waals surface area contributed by atoms with Crippen LogP contribution in [0.3, 0.4) is 0 Å². The van der Waals surface area contributed by atoms with Gasteiger partial charge in [0.25, 0.3) is 5.91 Å². The van der Waals surface area contributed by atoms with Gasteiger partial charge in [0.05, 0.1) is 6.54 Å². The van der Waals surface area contributed by atoms with Gasteiger partial charge in [0.2, 0.25) is 5.91 Å². The Morgan fingerprint density at radius 1 is 0.923 bits per heavy atom.